The van der Waals surface area contributed by atoms with Gasteiger partial charge < -0.3 is 4.74 Å². The maximum absolute atomic E-state index is 5.83. The Morgan fingerprint density at radius 2 is 1.88 bits per heavy atom. The zero-order valence-corrected chi connectivity index (χ0v) is 9.52. The number of rotatable bonds is 2. The molecule has 0 spiro atoms. The van der Waals surface area contributed by atoms with Gasteiger partial charge in [0, 0.05) is 0 Å². The molecule has 0 aromatic heterocycles. The van der Waals surface area contributed by atoms with Crippen LogP contribution < -0.4 is 0 Å². The van der Waals surface area contributed by atoms with Crippen molar-refractivity contribution in [3.8, 4) is 0 Å². The minimum absolute atomic E-state index is 0.894. The van der Waals surface area contributed by atoms with E-state index in [9.17, 15) is 0 Å². The van der Waals surface area contributed by atoms with Gasteiger partial charge in [0.1, 0.15) is 11.5 Å². The quantitative estimate of drug-likeness (QED) is 0.666. The van der Waals surface area contributed by atoms with Crippen molar-refractivity contribution >= 4 is 0 Å². The van der Waals surface area contributed by atoms with Crippen molar-refractivity contribution in [3.63, 3.8) is 0 Å². The first kappa shape index (κ1) is 10.7. The Balaban J connectivity index is 2.10. The zero-order chi connectivity index (χ0) is 11.2. The van der Waals surface area contributed by atoms with Crippen LogP contribution in [0, 0.1) is 0 Å². The molecule has 1 nitrogen and oxygen atoms in total. The second-order valence-electron chi connectivity index (χ2n) is 3.87. The van der Waals surface area contributed by atoms with Crippen molar-refractivity contribution in [2.75, 3.05) is 0 Å². The molecule has 0 aromatic carbocycles. The summed E-state index contributed by atoms with van der Waals surface area (Å²) in [6, 6.07) is 0. The number of allylic oxidation sites excluding steroid dienone is 10. The Hall–Kier alpha value is -1.76. The molecule has 0 aromatic rings. The molecular formula is C15H16O. The summed E-state index contributed by atoms with van der Waals surface area (Å²) in [7, 11) is 0. The first-order valence-electron chi connectivity index (χ1n) is 5.61. The predicted octanol–water partition coefficient (Wildman–Crippen LogP) is 4.19. The van der Waals surface area contributed by atoms with Gasteiger partial charge in [0.2, 0.25) is 0 Å². The highest BCUT2D eigenvalue weighted by atomic mass is 16.5. The van der Waals surface area contributed by atoms with Crippen LogP contribution in [-0.2, 0) is 4.74 Å². The molecule has 0 bridgehead atoms. The molecule has 2 aliphatic rings. The third-order valence-electron chi connectivity index (χ3n) is 2.39. The first-order chi connectivity index (χ1) is 7.84. The van der Waals surface area contributed by atoms with E-state index in [1.807, 2.05) is 18.2 Å². The molecule has 0 fully saturated rings. The molecule has 0 unspecified atom stereocenters. The van der Waals surface area contributed by atoms with Gasteiger partial charge in [0.05, 0.1) is 0 Å². The smallest absolute Gasteiger partial charge is 0.127 e. The fourth-order valence-electron chi connectivity index (χ4n) is 1.60. The van der Waals surface area contributed by atoms with Crippen molar-refractivity contribution in [1.82, 2.24) is 0 Å². The summed E-state index contributed by atoms with van der Waals surface area (Å²) < 4.78 is 5.83. The Bertz CT molecular complexity index is 428. The monoisotopic (exact) mass is 212 g/mol. The molecule has 0 amide bonds. The molecule has 1 heteroatoms. The fourth-order valence-corrected chi connectivity index (χ4v) is 1.60. The summed E-state index contributed by atoms with van der Waals surface area (Å²) >= 11 is 0. The van der Waals surface area contributed by atoms with Crippen LogP contribution in [0.5, 0.6) is 0 Å². The molecule has 2 rings (SSSR count). The predicted molar refractivity (Wildman–Crippen MR) is 67.7 cm³/mol. The third kappa shape index (κ3) is 3.13. The van der Waals surface area contributed by atoms with Crippen molar-refractivity contribution in [1.29, 1.82) is 0 Å². The Morgan fingerprint density at radius 3 is 2.81 bits per heavy atom. The lowest BCUT2D eigenvalue weighted by Crippen LogP contribution is -1.88. The van der Waals surface area contributed by atoms with E-state index in [0.717, 1.165) is 24.4 Å². The standard InChI is InChI=1S/C15H16O/c1-13-8-6-7-11-15(12-13)16-14-9-4-2-3-5-10-14/h2,4-6,8-12H,3,7H2,1H3. The van der Waals surface area contributed by atoms with Crippen LogP contribution in [0.1, 0.15) is 19.8 Å². The van der Waals surface area contributed by atoms with Gasteiger partial charge in [-0.2, -0.15) is 0 Å². The van der Waals surface area contributed by atoms with Crippen LogP contribution in [0.2, 0.25) is 0 Å². The van der Waals surface area contributed by atoms with Crippen molar-refractivity contribution < 1.29 is 4.74 Å². The van der Waals surface area contributed by atoms with E-state index < -0.39 is 0 Å². The summed E-state index contributed by atoms with van der Waals surface area (Å²) in [4.78, 5) is 0. The van der Waals surface area contributed by atoms with Gasteiger partial charge in [-0.15, -0.1) is 0 Å². The lowest BCUT2D eigenvalue weighted by molar-refractivity contribution is 0.335. The topological polar surface area (TPSA) is 9.23 Å². The van der Waals surface area contributed by atoms with Gasteiger partial charge in [-0.3, -0.25) is 0 Å². The molecule has 0 saturated carbocycles. The van der Waals surface area contributed by atoms with E-state index in [1.165, 1.54) is 5.57 Å². The van der Waals surface area contributed by atoms with E-state index in [-0.39, 0.29) is 0 Å². The van der Waals surface area contributed by atoms with Crippen molar-refractivity contribution in [3.05, 3.63) is 71.8 Å². The van der Waals surface area contributed by atoms with Gasteiger partial charge in [-0.25, -0.2) is 0 Å². The first-order valence-corrected chi connectivity index (χ1v) is 5.61. The third-order valence-corrected chi connectivity index (χ3v) is 2.39. The van der Waals surface area contributed by atoms with E-state index in [4.69, 9.17) is 4.74 Å². The fraction of sp³-hybridized carbons (Fsp3) is 0.200. The summed E-state index contributed by atoms with van der Waals surface area (Å²) in [6.07, 6.45) is 20.6. The van der Waals surface area contributed by atoms with E-state index in [2.05, 4.69) is 43.4 Å². The van der Waals surface area contributed by atoms with Crippen LogP contribution in [0.15, 0.2) is 71.8 Å². The average molecular weight is 212 g/mol. The van der Waals surface area contributed by atoms with Gasteiger partial charge >= 0.3 is 0 Å². The highest BCUT2D eigenvalue weighted by molar-refractivity contribution is 5.32. The molecule has 82 valence electrons. The Labute approximate surface area is 96.8 Å². The number of ether oxygens (including phenoxy) is 1. The maximum Gasteiger partial charge on any atom is 0.127 e. The lowest BCUT2D eigenvalue weighted by Gasteiger charge is -2.06. The normalized spacial score (nSPS) is 19.4. The highest BCUT2D eigenvalue weighted by Crippen LogP contribution is 2.17. The van der Waals surface area contributed by atoms with E-state index in [1.54, 1.807) is 0 Å². The minimum Gasteiger partial charge on any atom is -0.458 e. The Kier molecular flexibility index (Phi) is 3.60. The van der Waals surface area contributed by atoms with Gasteiger partial charge in [0.15, 0.2) is 0 Å². The zero-order valence-electron chi connectivity index (χ0n) is 9.52. The van der Waals surface area contributed by atoms with Gasteiger partial charge in [-0.1, -0.05) is 30.4 Å². The minimum atomic E-state index is 0.894. The van der Waals surface area contributed by atoms with Gasteiger partial charge in [-0.05, 0) is 49.6 Å². The Morgan fingerprint density at radius 1 is 1.00 bits per heavy atom. The molecule has 0 aliphatic heterocycles. The van der Waals surface area contributed by atoms with Crippen LogP contribution in [0.25, 0.3) is 0 Å². The number of hydrogen-bond donors (Lipinski definition) is 0. The molecule has 0 radical (unpaired) electrons. The van der Waals surface area contributed by atoms with Crippen LogP contribution >= 0.6 is 0 Å². The number of hydrogen-bond acceptors (Lipinski definition) is 1. The van der Waals surface area contributed by atoms with Crippen molar-refractivity contribution in [2.45, 2.75) is 19.8 Å². The molecule has 0 saturated heterocycles. The second-order valence-corrected chi connectivity index (χ2v) is 3.87. The largest absolute Gasteiger partial charge is 0.458 e. The molecule has 2 aliphatic carbocycles. The molecular weight excluding hydrogens is 196 g/mol. The molecule has 0 heterocycles. The van der Waals surface area contributed by atoms with Gasteiger partial charge in [0.25, 0.3) is 0 Å². The molecule has 16 heavy (non-hydrogen) atoms. The summed E-state index contributed by atoms with van der Waals surface area (Å²) in [6.45, 7) is 2.08. The van der Waals surface area contributed by atoms with E-state index in [0.29, 0.717) is 0 Å². The molecule has 0 atom stereocenters. The summed E-state index contributed by atoms with van der Waals surface area (Å²) in [5, 5.41) is 0. The summed E-state index contributed by atoms with van der Waals surface area (Å²) in [5.74, 6) is 1.82. The lowest BCUT2D eigenvalue weighted by atomic mass is 10.2. The van der Waals surface area contributed by atoms with Crippen molar-refractivity contribution in [2.24, 2.45) is 0 Å². The van der Waals surface area contributed by atoms with Crippen LogP contribution in [-0.4, -0.2) is 0 Å². The van der Waals surface area contributed by atoms with Crippen LogP contribution in [0.3, 0.4) is 0 Å². The summed E-state index contributed by atoms with van der Waals surface area (Å²) in [5.41, 5.74) is 1.22. The SMILES string of the molecule is CC1=CC(OC2=CC=CCC=C2)=CCC=C1. The second kappa shape index (κ2) is 5.36. The van der Waals surface area contributed by atoms with Crippen LogP contribution in [0.4, 0.5) is 0 Å². The molecule has 0 N–H and O–H groups in total. The van der Waals surface area contributed by atoms with E-state index >= 15 is 0 Å². The average Bonchev–Trinajstić information content (AvgIpc) is 2.61. The highest BCUT2D eigenvalue weighted by Gasteiger charge is 2.01. The maximum atomic E-state index is 5.83.